The van der Waals surface area contributed by atoms with Crippen LogP contribution < -0.4 is 5.30 Å². The molecule has 0 aliphatic carbocycles. The fourth-order valence-corrected chi connectivity index (χ4v) is 8.84. The Morgan fingerprint density at radius 1 is 1.07 bits per heavy atom. The van der Waals surface area contributed by atoms with Crippen LogP contribution in [0.1, 0.15) is 33.6 Å². The second-order valence-corrected chi connectivity index (χ2v) is 9.63. The zero-order chi connectivity index (χ0) is 10.9. The standard InChI is InChI=1S/C14H22P/c1-4-15(12(2)10-11-13(15)3)14-8-6-5-7-9-14/h5-9,12-13H,4,10-11H2,1-3H3/q+1. The number of hydrogen-bond donors (Lipinski definition) is 0. The topological polar surface area (TPSA) is 0 Å². The first-order chi connectivity index (χ1) is 7.21. The van der Waals surface area contributed by atoms with Crippen molar-refractivity contribution in [2.24, 2.45) is 0 Å². The maximum Gasteiger partial charge on any atom is 0.0944 e. The second-order valence-electron chi connectivity index (χ2n) is 4.86. The van der Waals surface area contributed by atoms with Crippen LogP contribution in [0.3, 0.4) is 0 Å². The molecule has 1 saturated heterocycles. The maximum atomic E-state index is 2.48. The average molecular weight is 221 g/mol. The molecule has 2 rings (SSSR count). The molecule has 0 aromatic heterocycles. The van der Waals surface area contributed by atoms with E-state index in [2.05, 4.69) is 51.1 Å². The first-order valence-corrected chi connectivity index (χ1v) is 8.26. The molecule has 82 valence electrons. The van der Waals surface area contributed by atoms with E-state index < -0.39 is 7.26 Å². The van der Waals surface area contributed by atoms with E-state index in [0.717, 1.165) is 11.3 Å². The summed E-state index contributed by atoms with van der Waals surface area (Å²) >= 11 is 0. The van der Waals surface area contributed by atoms with Gasteiger partial charge in [0.25, 0.3) is 0 Å². The molecular formula is C14H22P+. The highest BCUT2D eigenvalue weighted by Crippen LogP contribution is 2.71. The summed E-state index contributed by atoms with van der Waals surface area (Å²) in [6.07, 6.45) is 4.27. The van der Waals surface area contributed by atoms with Gasteiger partial charge >= 0.3 is 0 Å². The van der Waals surface area contributed by atoms with Gasteiger partial charge in [0.15, 0.2) is 0 Å². The van der Waals surface area contributed by atoms with Gasteiger partial charge < -0.3 is 0 Å². The number of rotatable bonds is 2. The minimum atomic E-state index is -0.862. The predicted molar refractivity (Wildman–Crippen MR) is 71.7 cm³/mol. The van der Waals surface area contributed by atoms with Crippen molar-refractivity contribution in [3.05, 3.63) is 30.3 Å². The Morgan fingerprint density at radius 2 is 1.60 bits per heavy atom. The lowest BCUT2D eigenvalue weighted by Gasteiger charge is -2.30. The van der Waals surface area contributed by atoms with Crippen molar-refractivity contribution in [2.45, 2.75) is 44.9 Å². The SMILES string of the molecule is CC[P+]1(c2ccccc2)C(C)CCC1C. The Bertz CT molecular complexity index is 307. The van der Waals surface area contributed by atoms with E-state index in [4.69, 9.17) is 0 Å². The zero-order valence-electron chi connectivity index (χ0n) is 10.1. The van der Waals surface area contributed by atoms with Crippen molar-refractivity contribution in [3.63, 3.8) is 0 Å². The third-order valence-corrected chi connectivity index (χ3v) is 10.3. The van der Waals surface area contributed by atoms with E-state index in [0.29, 0.717) is 0 Å². The van der Waals surface area contributed by atoms with Crippen molar-refractivity contribution in [1.29, 1.82) is 0 Å². The monoisotopic (exact) mass is 221 g/mol. The highest BCUT2D eigenvalue weighted by molar-refractivity contribution is 7.84. The van der Waals surface area contributed by atoms with Gasteiger partial charge in [0.2, 0.25) is 0 Å². The molecule has 1 aromatic carbocycles. The molecule has 0 nitrogen and oxygen atoms in total. The quantitative estimate of drug-likeness (QED) is 0.664. The smallest absolute Gasteiger partial charge is 0.0620 e. The molecule has 0 amide bonds. The van der Waals surface area contributed by atoms with E-state index in [9.17, 15) is 0 Å². The van der Waals surface area contributed by atoms with E-state index in [1.165, 1.54) is 19.0 Å². The normalized spacial score (nSPS) is 35.7. The molecule has 1 fully saturated rings. The molecule has 1 aromatic rings. The van der Waals surface area contributed by atoms with Gasteiger partial charge in [-0.3, -0.25) is 0 Å². The number of hydrogen-bond acceptors (Lipinski definition) is 0. The summed E-state index contributed by atoms with van der Waals surface area (Å²) in [7, 11) is -0.862. The third kappa shape index (κ3) is 1.64. The van der Waals surface area contributed by atoms with Crippen molar-refractivity contribution in [2.75, 3.05) is 6.16 Å². The second kappa shape index (κ2) is 4.26. The van der Waals surface area contributed by atoms with Crippen LogP contribution in [-0.2, 0) is 0 Å². The average Bonchev–Trinajstić information content (AvgIpc) is 2.57. The molecule has 1 aliphatic rings. The van der Waals surface area contributed by atoms with Gasteiger partial charge in [0.1, 0.15) is 0 Å². The van der Waals surface area contributed by atoms with Gasteiger partial charge in [-0.2, -0.15) is 0 Å². The van der Waals surface area contributed by atoms with Gasteiger partial charge in [-0.25, -0.2) is 0 Å². The third-order valence-electron chi connectivity index (χ3n) is 4.34. The Balaban J connectivity index is 2.45. The largest absolute Gasteiger partial charge is 0.0944 e. The van der Waals surface area contributed by atoms with Gasteiger partial charge in [0, 0.05) is 0 Å². The zero-order valence-corrected chi connectivity index (χ0v) is 11.0. The molecule has 15 heavy (non-hydrogen) atoms. The fourth-order valence-electron chi connectivity index (χ4n) is 3.40. The van der Waals surface area contributed by atoms with Crippen LogP contribution in [-0.4, -0.2) is 17.5 Å². The Morgan fingerprint density at radius 3 is 2.07 bits per heavy atom. The Hall–Kier alpha value is -0.350. The summed E-state index contributed by atoms with van der Waals surface area (Å²) in [5.41, 5.74) is 1.89. The van der Waals surface area contributed by atoms with Crippen LogP contribution in [0.2, 0.25) is 0 Å². The van der Waals surface area contributed by atoms with Crippen LogP contribution in [0.5, 0.6) is 0 Å². The lowest BCUT2D eigenvalue weighted by molar-refractivity contribution is 0.777. The molecule has 0 bridgehead atoms. The minimum absolute atomic E-state index is 0.862. The molecule has 2 unspecified atom stereocenters. The lowest BCUT2D eigenvalue weighted by Crippen LogP contribution is -2.24. The predicted octanol–water partition coefficient (Wildman–Crippen LogP) is 3.92. The molecule has 0 saturated carbocycles. The van der Waals surface area contributed by atoms with Crippen LogP contribution in [0.15, 0.2) is 30.3 Å². The lowest BCUT2D eigenvalue weighted by atomic mass is 10.2. The summed E-state index contributed by atoms with van der Waals surface area (Å²) in [6.45, 7) is 7.36. The van der Waals surface area contributed by atoms with Crippen LogP contribution >= 0.6 is 7.26 Å². The molecular weight excluding hydrogens is 199 g/mol. The van der Waals surface area contributed by atoms with Crippen LogP contribution in [0, 0.1) is 0 Å². The van der Waals surface area contributed by atoms with Gasteiger partial charge in [-0.1, -0.05) is 18.2 Å². The van der Waals surface area contributed by atoms with Crippen molar-refractivity contribution < 1.29 is 0 Å². The summed E-state index contributed by atoms with van der Waals surface area (Å²) in [5.74, 6) is 0. The van der Waals surface area contributed by atoms with Crippen molar-refractivity contribution in [1.82, 2.24) is 0 Å². The Labute approximate surface area is 94.4 Å². The first-order valence-electron chi connectivity index (χ1n) is 6.15. The first kappa shape index (κ1) is 11.1. The molecule has 2 atom stereocenters. The van der Waals surface area contributed by atoms with Crippen LogP contribution in [0.4, 0.5) is 0 Å². The minimum Gasteiger partial charge on any atom is -0.0620 e. The molecule has 1 aliphatic heterocycles. The summed E-state index contributed by atoms with van der Waals surface area (Å²) < 4.78 is 0. The summed E-state index contributed by atoms with van der Waals surface area (Å²) in [6, 6.07) is 11.3. The van der Waals surface area contributed by atoms with E-state index in [-0.39, 0.29) is 0 Å². The molecule has 1 heterocycles. The summed E-state index contributed by atoms with van der Waals surface area (Å²) in [4.78, 5) is 0. The van der Waals surface area contributed by atoms with Gasteiger partial charge in [-0.05, 0) is 45.7 Å². The molecule has 1 heteroatoms. The summed E-state index contributed by atoms with van der Waals surface area (Å²) in [5, 5.41) is 1.67. The fraction of sp³-hybridized carbons (Fsp3) is 0.571. The van der Waals surface area contributed by atoms with E-state index >= 15 is 0 Å². The highest BCUT2D eigenvalue weighted by atomic mass is 31.2. The van der Waals surface area contributed by atoms with E-state index in [1.807, 2.05) is 0 Å². The van der Waals surface area contributed by atoms with E-state index in [1.54, 1.807) is 5.30 Å². The Kier molecular flexibility index (Phi) is 3.16. The molecule has 0 radical (unpaired) electrons. The van der Waals surface area contributed by atoms with Gasteiger partial charge in [0.05, 0.1) is 30.0 Å². The molecule has 0 spiro atoms. The van der Waals surface area contributed by atoms with Crippen molar-refractivity contribution in [3.8, 4) is 0 Å². The highest BCUT2D eigenvalue weighted by Gasteiger charge is 2.52. The van der Waals surface area contributed by atoms with Crippen LogP contribution in [0.25, 0.3) is 0 Å². The van der Waals surface area contributed by atoms with Crippen molar-refractivity contribution >= 4 is 12.6 Å². The maximum absolute atomic E-state index is 2.48. The molecule has 0 N–H and O–H groups in total. The van der Waals surface area contributed by atoms with Gasteiger partial charge in [-0.15, -0.1) is 0 Å². The number of benzene rings is 1.